The number of hydrogen-bond donors (Lipinski definition) is 1. The molecule has 2 heterocycles. The van der Waals surface area contributed by atoms with Crippen LogP contribution in [0.15, 0.2) is 36.1 Å². The molecule has 0 spiro atoms. The van der Waals surface area contributed by atoms with Gasteiger partial charge in [-0.25, -0.2) is 4.98 Å². The third kappa shape index (κ3) is 2.65. The van der Waals surface area contributed by atoms with Gasteiger partial charge in [-0.1, -0.05) is 0 Å². The minimum Gasteiger partial charge on any atom is -0.302 e. The van der Waals surface area contributed by atoms with Crippen LogP contribution < -0.4 is 5.32 Å². The van der Waals surface area contributed by atoms with Crippen LogP contribution in [0.4, 0.5) is 0 Å². The summed E-state index contributed by atoms with van der Waals surface area (Å²) in [4.78, 5) is 8.35. The quantitative estimate of drug-likeness (QED) is 0.882. The van der Waals surface area contributed by atoms with Gasteiger partial charge in [0.2, 0.25) is 0 Å². The Morgan fingerprint density at radius 2 is 2.00 bits per heavy atom. The first-order valence-corrected chi connectivity index (χ1v) is 6.10. The molecule has 0 saturated heterocycles. The van der Waals surface area contributed by atoms with E-state index in [1.54, 1.807) is 11.3 Å². The lowest BCUT2D eigenvalue weighted by atomic mass is 10.1. The molecule has 0 aliphatic rings. The van der Waals surface area contributed by atoms with Crippen molar-refractivity contribution >= 4 is 11.3 Å². The SMILES string of the molecule is CC(C)(NCc1ccncc1)c1nccs1. The second-order valence-corrected chi connectivity index (χ2v) is 5.07. The van der Waals surface area contributed by atoms with Gasteiger partial charge in [0, 0.05) is 30.5 Å². The maximum atomic E-state index is 4.34. The second-order valence-electron chi connectivity index (χ2n) is 4.17. The molecule has 0 bridgehead atoms. The molecule has 0 fully saturated rings. The van der Waals surface area contributed by atoms with Crippen molar-refractivity contribution in [2.45, 2.75) is 25.9 Å². The largest absolute Gasteiger partial charge is 0.302 e. The van der Waals surface area contributed by atoms with Crippen molar-refractivity contribution in [2.24, 2.45) is 0 Å². The normalized spacial score (nSPS) is 11.6. The van der Waals surface area contributed by atoms with Crippen molar-refractivity contribution in [1.29, 1.82) is 0 Å². The molecule has 0 unspecified atom stereocenters. The zero-order chi connectivity index (χ0) is 11.4. The molecule has 3 nitrogen and oxygen atoms in total. The molecule has 0 amide bonds. The summed E-state index contributed by atoms with van der Waals surface area (Å²) < 4.78 is 0. The molecule has 0 saturated carbocycles. The van der Waals surface area contributed by atoms with Crippen LogP contribution in [0.2, 0.25) is 0 Å². The molecule has 4 heteroatoms. The molecule has 0 aliphatic carbocycles. The van der Waals surface area contributed by atoms with Crippen LogP contribution in [-0.2, 0) is 12.1 Å². The van der Waals surface area contributed by atoms with Gasteiger partial charge in [0.05, 0.1) is 5.54 Å². The molecule has 16 heavy (non-hydrogen) atoms. The fourth-order valence-electron chi connectivity index (χ4n) is 1.43. The predicted molar refractivity (Wildman–Crippen MR) is 66.2 cm³/mol. The summed E-state index contributed by atoms with van der Waals surface area (Å²) in [5.74, 6) is 0. The highest BCUT2D eigenvalue weighted by atomic mass is 32.1. The number of rotatable bonds is 4. The van der Waals surface area contributed by atoms with E-state index in [2.05, 4.69) is 29.1 Å². The van der Waals surface area contributed by atoms with Gasteiger partial charge in [-0.15, -0.1) is 11.3 Å². The van der Waals surface area contributed by atoms with Gasteiger partial charge in [0.1, 0.15) is 5.01 Å². The Kier molecular flexibility index (Phi) is 3.31. The lowest BCUT2D eigenvalue weighted by Crippen LogP contribution is -2.35. The topological polar surface area (TPSA) is 37.8 Å². The first-order valence-electron chi connectivity index (χ1n) is 5.22. The number of nitrogens with one attached hydrogen (secondary N) is 1. The van der Waals surface area contributed by atoms with Gasteiger partial charge in [-0.2, -0.15) is 0 Å². The zero-order valence-electron chi connectivity index (χ0n) is 9.47. The molecule has 1 N–H and O–H groups in total. The van der Waals surface area contributed by atoms with Crippen LogP contribution >= 0.6 is 11.3 Å². The van der Waals surface area contributed by atoms with E-state index < -0.39 is 0 Å². The minimum absolute atomic E-state index is 0.0859. The van der Waals surface area contributed by atoms with Crippen molar-refractivity contribution in [3.63, 3.8) is 0 Å². The molecule has 2 rings (SSSR count). The Bertz CT molecular complexity index is 423. The first-order chi connectivity index (χ1) is 7.68. The summed E-state index contributed by atoms with van der Waals surface area (Å²) in [5.41, 5.74) is 1.15. The van der Waals surface area contributed by atoms with Crippen LogP contribution in [0, 0.1) is 0 Å². The molecule has 0 aromatic carbocycles. The van der Waals surface area contributed by atoms with Crippen LogP contribution in [0.25, 0.3) is 0 Å². The predicted octanol–water partition coefficient (Wildman–Crippen LogP) is 2.56. The van der Waals surface area contributed by atoms with E-state index in [0.29, 0.717) is 0 Å². The van der Waals surface area contributed by atoms with Crippen molar-refractivity contribution in [1.82, 2.24) is 15.3 Å². The summed E-state index contributed by atoms with van der Waals surface area (Å²) >= 11 is 1.68. The minimum atomic E-state index is -0.0859. The Labute approximate surface area is 99.6 Å². The third-order valence-corrected chi connectivity index (χ3v) is 3.55. The number of hydrogen-bond acceptors (Lipinski definition) is 4. The van der Waals surface area contributed by atoms with Crippen molar-refractivity contribution in [3.8, 4) is 0 Å². The van der Waals surface area contributed by atoms with E-state index >= 15 is 0 Å². The average molecular weight is 233 g/mol. The lowest BCUT2D eigenvalue weighted by molar-refractivity contribution is 0.399. The van der Waals surface area contributed by atoms with Gasteiger partial charge < -0.3 is 5.32 Å². The molecule has 84 valence electrons. The molecule has 0 atom stereocenters. The monoisotopic (exact) mass is 233 g/mol. The number of aromatic nitrogens is 2. The van der Waals surface area contributed by atoms with Crippen molar-refractivity contribution < 1.29 is 0 Å². The first kappa shape index (κ1) is 11.2. The van der Waals surface area contributed by atoms with Crippen LogP contribution in [0.1, 0.15) is 24.4 Å². The average Bonchev–Trinajstić information content (AvgIpc) is 2.82. The second kappa shape index (κ2) is 4.72. The van der Waals surface area contributed by atoms with E-state index in [4.69, 9.17) is 0 Å². The molecule has 2 aromatic rings. The highest BCUT2D eigenvalue weighted by Crippen LogP contribution is 2.22. The standard InChI is InChI=1S/C12H15N3S/c1-12(2,11-14-7-8-16-11)15-9-10-3-5-13-6-4-10/h3-8,15H,9H2,1-2H3. The Morgan fingerprint density at radius 1 is 1.25 bits per heavy atom. The van der Waals surface area contributed by atoms with E-state index in [1.807, 2.05) is 36.1 Å². The third-order valence-electron chi connectivity index (χ3n) is 2.45. The zero-order valence-corrected chi connectivity index (χ0v) is 10.3. The van der Waals surface area contributed by atoms with Crippen LogP contribution in [0.5, 0.6) is 0 Å². The van der Waals surface area contributed by atoms with Gasteiger partial charge in [-0.05, 0) is 31.5 Å². The molecular weight excluding hydrogens is 218 g/mol. The van der Waals surface area contributed by atoms with Crippen molar-refractivity contribution in [2.75, 3.05) is 0 Å². The Hall–Kier alpha value is -1.26. The summed E-state index contributed by atoms with van der Waals surface area (Å²) in [6, 6.07) is 4.04. The maximum absolute atomic E-state index is 4.34. The van der Waals surface area contributed by atoms with E-state index in [9.17, 15) is 0 Å². The Balaban J connectivity index is 2.00. The fraction of sp³-hybridized carbons (Fsp3) is 0.333. The number of nitrogens with zero attached hydrogens (tertiary/aromatic N) is 2. The van der Waals surface area contributed by atoms with E-state index in [0.717, 1.165) is 11.6 Å². The van der Waals surface area contributed by atoms with Crippen molar-refractivity contribution in [3.05, 3.63) is 46.7 Å². The maximum Gasteiger partial charge on any atom is 0.112 e. The van der Waals surface area contributed by atoms with Gasteiger partial charge in [0.25, 0.3) is 0 Å². The fourth-order valence-corrected chi connectivity index (χ4v) is 2.17. The smallest absolute Gasteiger partial charge is 0.112 e. The van der Waals surface area contributed by atoms with Gasteiger partial charge in [-0.3, -0.25) is 4.98 Å². The highest BCUT2D eigenvalue weighted by molar-refractivity contribution is 7.09. The number of thiazole rings is 1. The Morgan fingerprint density at radius 3 is 2.62 bits per heavy atom. The summed E-state index contributed by atoms with van der Waals surface area (Å²) in [5, 5.41) is 6.62. The summed E-state index contributed by atoms with van der Waals surface area (Å²) in [6.07, 6.45) is 5.47. The van der Waals surface area contributed by atoms with Crippen LogP contribution in [0.3, 0.4) is 0 Å². The summed E-state index contributed by atoms with van der Waals surface area (Å²) in [6.45, 7) is 5.12. The van der Waals surface area contributed by atoms with E-state index in [-0.39, 0.29) is 5.54 Å². The molecule has 2 aromatic heterocycles. The van der Waals surface area contributed by atoms with E-state index in [1.165, 1.54) is 5.56 Å². The molecule has 0 radical (unpaired) electrons. The summed E-state index contributed by atoms with van der Waals surface area (Å²) in [7, 11) is 0. The highest BCUT2D eigenvalue weighted by Gasteiger charge is 2.22. The molecular formula is C12H15N3S. The van der Waals surface area contributed by atoms with Gasteiger partial charge in [0.15, 0.2) is 0 Å². The number of pyridine rings is 1. The lowest BCUT2D eigenvalue weighted by Gasteiger charge is -2.23. The van der Waals surface area contributed by atoms with Crippen LogP contribution in [-0.4, -0.2) is 9.97 Å². The van der Waals surface area contributed by atoms with Gasteiger partial charge >= 0.3 is 0 Å². The molecule has 0 aliphatic heterocycles.